The lowest BCUT2D eigenvalue weighted by Gasteiger charge is -2.35. The second kappa shape index (κ2) is 10.4. The van der Waals surface area contributed by atoms with E-state index >= 15 is 0 Å². The van der Waals surface area contributed by atoms with Crippen LogP contribution in [0.4, 0.5) is 4.79 Å². The molecule has 1 unspecified atom stereocenters. The summed E-state index contributed by atoms with van der Waals surface area (Å²) >= 11 is 3.17. The summed E-state index contributed by atoms with van der Waals surface area (Å²) in [6, 6.07) is 9.21. The van der Waals surface area contributed by atoms with Crippen molar-refractivity contribution in [2.24, 2.45) is 0 Å². The quantitative estimate of drug-likeness (QED) is 0.347. The molecule has 1 aliphatic rings. The van der Waals surface area contributed by atoms with Crippen molar-refractivity contribution in [3.8, 4) is 0 Å². The van der Waals surface area contributed by atoms with Crippen LogP contribution >= 0.6 is 15.9 Å². The highest BCUT2D eigenvalue weighted by Crippen LogP contribution is 2.20. The Morgan fingerprint density at radius 3 is 2.57 bits per heavy atom. The van der Waals surface area contributed by atoms with Crippen molar-refractivity contribution >= 4 is 35.9 Å². The Bertz CT molecular complexity index is 656. The molecule has 0 saturated carbocycles. The van der Waals surface area contributed by atoms with Gasteiger partial charge < -0.3 is 14.8 Å². The van der Waals surface area contributed by atoms with Gasteiger partial charge in [-0.25, -0.2) is 15.2 Å². The van der Waals surface area contributed by atoms with Gasteiger partial charge in [0.2, 0.25) is 0 Å². The summed E-state index contributed by atoms with van der Waals surface area (Å²) in [5, 5.41) is 4.39. The molecular weight excluding hydrogens is 442 g/mol. The molecule has 1 aromatic rings. The van der Waals surface area contributed by atoms with E-state index in [9.17, 15) is 9.59 Å². The molecular formula is C19H30BrN3O4Si. The van der Waals surface area contributed by atoms with Crippen LogP contribution in [-0.2, 0) is 20.7 Å². The molecule has 0 aliphatic carbocycles. The number of urea groups is 1. The number of nitrogens with zero attached hydrogens (tertiary/aromatic N) is 1. The van der Waals surface area contributed by atoms with Crippen LogP contribution < -0.4 is 10.7 Å². The summed E-state index contributed by atoms with van der Waals surface area (Å²) < 4.78 is 12.3. The van der Waals surface area contributed by atoms with Crippen LogP contribution in [-0.4, -0.2) is 61.6 Å². The molecule has 1 aliphatic heterocycles. The number of benzene rings is 1. The molecule has 0 bridgehead atoms. The standard InChI is InChI=1S/C19H30BrN3O4Si/c1-5-26-19(28(2,3)4)27-16-13-23(17(24)12-20)22-18(25)21-15(16)11-14-9-7-6-8-10-14/h6-10,15-16,19H,5,11-13H2,1-4H3,(H2,21,22,25)/t15-,16-,19?/m1/s1. The summed E-state index contributed by atoms with van der Waals surface area (Å²) in [6.45, 7) is 9.25. The van der Waals surface area contributed by atoms with E-state index in [1.165, 1.54) is 5.01 Å². The number of carbonyl (C=O) groups excluding carboxylic acids is 2. The summed E-state index contributed by atoms with van der Waals surface area (Å²) in [5.74, 6) is -0.568. The van der Waals surface area contributed by atoms with E-state index in [0.717, 1.165) is 5.56 Å². The van der Waals surface area contributed by atoms with Crippen molar-refractivity contribution in [2.45, 2.75) is 51.0 Å². The van der Waals surface area contributed by atoms with E-state index < -0.39 is 20.2 Å². The van der Waals surface area contributed by atoms with Crippen LogP contribution in [0.5, 0.6) is 0 Å². The van der Waals surface area contributed by atoms with Gasteiger partial charge in [-0.15, -0.1) is 0 Å². The van der Waals surface area contributed by atoms with E-state index in [0.29, 0.717) is 13.0 Å². The van der Waals surface area contributed by atoms with E-state index in [1.54, 1.807) is 0 Å². The van der Waals surface area contributed by atoms with Gasteiger partial charge in [0.15, 0.2) is 0 Å². The number of hydrogen-bond donors (Lipinski definition) is 2. The monoisotopic (exact) mass is 471 g/mol. The number of rotatable bonds is 8. The SMILES string of the molecule is CCOC(O[C@@H]1CN(C(=O)CBr)NC(=O)N[C@@H]1Cc1ccccc1)[Si](C)(C)C. The molecule has 28 heavy (non-hydrogen) atoms. The molecule has 3 amide bonds. The highest BCUT2D eigenvalue weighted by Gasteiger charge is 2.38. The minimum Gasteiger partial charge on any atom is -0.357 e. The molecule has 7 nitrogen and oxygen atoms in total. The average molecular weight is 472 g/mol. The highest BCUT2D eigenvalue weighted by atomic mass is 79.9. The number of halogens is 1. The molecule has 156 valence electrons. The van der Waals surface area contributed by atoms with Gasteiger partial charge in [-0.1, -0.05) is 65.9 Å². The molecule has 0 spiro atoms. The molecule has 2 N–H and O–H groups in total. The minimum atomic E-state index is -1.79. The van der Waals surface area contributed by atoms with Crippen LogP contribution in [0, 0.1) is 0 Å². The third-order valence-corrected chi connectivity index (χ3v) is 6.60. The fourth-order valence-electron chi connectivity index (χ4n) is 3.00. The molecule has 9 heteroatoms. The number of amides is 3. The normalized spacial score (nSPS) is 21.5. The van der Waals surface area contributed by atoms with Crippen LogP contribution in [0.25, 0.3) is 0 Å². The topological polar surface area (TPSA) is 79.9 Å². The van der Waals surface area contributed by atoms with E-state index in [1.807, 2.05) is 37.3 Å². The first-order valence-electron chi connectivity index (χ1n) is 9.49. The smallest absolute Gasteiger partial charge is 0.333 e. The number of nitrogens with one attached hydrogen (secondary N) is 2. The largest absolute Gasteiger partial charge is 0.357 e. The molecule has 1 aromatic carbocycles. The van der Waals surface area contributed by atoms with Crippen LogP contribution in [0.15, 0.2) is 30.3 Å². The molecule has 0 radical (unpaired) electrons. The predicted molar refractivity (Wildman–Crippen MR) is 115 cm³/mol. The zero-order valence-electron chi connectivity index (χ0n) is 16.9. The zero-order chi connectivity index (χ0) is 20.7. The van der Waals surface area contributed by atoms with Gasteiger partial charge in [-0.05, 0) is 18.9 Å². The first kappa shape index (κ1) is 22.9. The average Bonchev–Trinajstić information content (AvgIpc) is 2.79. The Kier molecular flexibility index (Phi) is 8.48. The van der Waals surface area contributed by atoms with Crippen molar-refractivity contribution in [2.75, 3.05) is 18.5 Å². The maximum atomic E-state index is 12.4. The fourth-order valence-corrected chi connectivity index (χ4v) is 4.55. The summed E-state index contributed by atoms with van der Waals surface area (Å²) in [5.41, 5.74) is 3.70. The molecule has 2 rings (SSSR count). The number of alkyl halides is 1. The van der Waals surface area contributed by atoms with Gasteiger partial charge in [0, 0.05) is 6.61 Å². The van der Waals surface area contributed by atoms with Crippen molar-refractivity contribution < 1.29 is 19.1 Å². The third kappa shape index (κ3) is 6.58. The van der Waals surface area contributed by atoms with Crippen molar-refractivity contribution in [1.82, 2.24) is 15.8 Å². The Balaban J connectivity index is 2.29. The van der Waals surface area contributed by atoms with Crippen LogP contribution in [0.3, 0.4) is 0 Å². The number of hydrazine groups is 1. The number of carbonyl (C=O) groups is 2. The second-order valence-electron chi connectivity index (χ2n) is 7.85. The number of ether oxygens (including phenoxy) is 2. The maximum Gasteiger partial charge on any atom is 0.333 e. The van der Waals surface area contributed by atoms with E-state index in [2.05, 4.69) is 46.3 Å². The third-order valence-electron chi connectivity index (χ3n) is 4.40. The first-order chi connectivity index (χ1) is 13.2. The van der Waals surface area contributed by atoms with Crippen molar-refractivity contribution in [3.05, 3.63) is 35.9 Å². The Morgan fingerprint density at radius 1 is 1.32 bits per heavy atom. The number of hydrogen-bond acceptors (Lipinski definition) is 4. The molecule has 1 fully saturated rings. The zero-order valence-corrected chi connectivity index (χ0v) is 19.5. The van der Waals surface area contributed by atoms with Crippen molar-refractivity contribution in [3.63, 3.8) is 0 Å². The molecule has 3 atom stereocenters. The molecule has 1 heterocycles. The van der Waals surface area contributed by atoms with Gasteiger partial charge in [0.05, 0.1) is 17.9 Å². The maximum absolute atomic E-state index is 12.4. The highest BCUT2D eigenvalue weighted by molar-refractivity contribution is 9.09. The van der Waals surface area contributed by atoms with Gasteiger partial charge in [0.25, 0.3) is 5.91 Å². The molecule has 1 saturated heterocycles. The summed E-state index contributed by atoms with van der Waals surface area (Å²) in [6.07, 6.45) is 0.185. The van der Waals surface area contributed by atoms with Gasteiger partial charge >= 0.3 is 6.03 Å². The Morgan fingerprint density at radius 2 is 2.00 bits per heavy atom. The molecule has 0 aromatic heterocycles. The second-order valence-corrected chi connectivity index (χ2v) is 13.6. The predicted octanol–water partition coefficient (Wildman–Crippen LogP) is 2.67. The lowest BCUT2D eigenvalue weighted by atomic mass is 10.0. The van der Waals surface area contributed by atoms with Gasteiger partial charge in [-0.2, -0.15) is 0 Å². The van der Waals surface area contributed by atoms with E-state index in [-0.39, 0.29) is 29.7 Å². The van der Waals surface area contributed by atoms with Gasteiger partial charge in [0.1, 0.15) is 20.1 Å². The Hall–Kier alpha value is -1.42. The van der Waals surface area contributed by atoms with Gasteiger partial charge in [-0.3, -0.25) is 4.79 Å². The first-order valence-corrected chi connectivity index (χ1v) is 14.2. The fraction of sp³-hybridized carbons (Fsp3) is 0.579. The summed E-state index contributed by atoms with van der Waals surface area (Å²) in [4.78, 5) is 24.6. The van der Waals surface area contributed by atoms with E-state index in [4.69, 9.17) is 9.47 Å². The van der Waals surface area contributed by atoms with Crippen LogP contribution in [0.1, 0.15) is 12.5 Å². The van der Waals surface area contributed by atoms with Crippen LogP contribution in [0.2, 0.25) is 19.6 Å². The lowest BCUT2D eigenvalue weighted by molar-refractivity contribution is -0.147. The summed E-state index contributed by atoms with van der Waals surface area (Å²) in [7, 11) is -1.79. The van der Waals surface area contributed by atoms with Crippen molar-refractivity contribution in [1.29, 1.82) is 0 Å². The Labute approximate surface area is 176 Å². The minimum absolute atomic E-state index is 0.117. The lowest BCUT2D eigenvalue weighted by Crippen LogP contribution is -2.52.